The van der Waals surface area contributed by atoms with Crippen molar-refractivity contribution >= 4 is 44.7 Å². The molecular formula is C60H42N4. The van der Waals surface area contributed by atoms with Gasteiger partial charge in [0.25, 0.3) is 0 Å². The van der Waals surface area contributed by atoms with Crippen LogP contribution in [0.1, 0.15) is 18.2 Å². The van der Waals surface area contributed by atoms with Crippen LogP contribution in [-0.2, 0) is 0 Å². The van der Waals surface area contributed by atoms with Crippen molar-refractivity contribution in [3.63, 3.8) is 0 Å². The van der Waals surface area contributed by atoms with Gasteiger partial charge in [0, 0.05) is 55.0 Å². The molecule has 0 atom stereocenters. The number of hydrogen-bond acceptors (Lipinski definition) is 3. The van der Waals surface area contributed by atoms with Crippen LogP contribution in [0.2, 0.25) is 0 Å². The van der Waals surface area contributed by atoms with Crippen LogP contribution in [0.15, 0.2) is 219 Å². The molecule has 4 nitrogen and oxygen atoms in total. The second kappa shape index (κ2) is 16.4. The van der Waals surface area contributed by atoms with Gasteiger partial charge in [-0.25, -0.2) is 15.0 Å². The Balaban J connectivity index is 0.966. The minimum Gasteiger partial charge on any atom is -0.309 e. The van der Waals surface area contributed by atoms with E-state index in [0.29, 0.717) is 5.82 Å². The molecule has 0 saturated heterocycles. The summed E-state index contributed by atoms with van der Waals surface area (Å²) in [4.78, 5) is 15.5. The molecule has 4 heteroatoms. The summed E-state index contributed by atoms with van der Waals surface area (Å²) in [7, 11) is 0. The zero-order chi connectivity index (χ0) is 43.0. The Kier molecular flexibility index (Phi) is 9.87. The van der Waals surface area contributed by atoms with E-state index >= 15 is 0 Å². The number of nitrogens with zero attached hydrogens (tertiary/aromatic N) is 4. The second-order valence-corrected chi connectivity index (χ2v) is 16.0. The lowest BCUT2D eigenvalue weighted by atomic mass is 9.94. The third-order valence-electron chi connectivity index (χ3n) is 12.1. The zero-order valence-electron chi connectivity index (χ0n) is 35.4. The molecule has 0 unspecified atom stereocenters. The zero-order valence-corrected chi connectivity index (χ0v) is 35.4. The molecule has 3 aromatic heterocycles. The molecule has 0 N–H and O–H groups in total. The lowest BCUT2D eigenvalue weighted by Gasteiger charge is -2.13. The SMILES string of the molecule is C=Cc1c(/C=C\C)c2c3c(ccc2n1-c1ccccc1)c(-c1ccc(-c2ccc(-c4cc(-c5ccc(-c6ccccc6)cc5)nc(-c5ccccc5)n4)cc2)cc1)nc1ccccc13. The van der Waals surface area contributed by atoms with E-state index in [1.807, 2.05) is 30.3 Å². The molecular weight excluding hydrogens is 777 g/mol. The molecule has 11 aromatic rings. The maximum atomic E-state index is 5.33. The van der Waals surface area contributed by atoms with E-state index in [4.69, 9.17) is 15.0 Å². The third-order valence-corrected chi connectivity index (χ3v) is 12.1. The van der Waals surface area contributed by atoms with E-state index in [-0.39, 0.29) is 0 Å². The fraction of sp³-hybridized carbons (Fsp3) is 0.0167. The molecule has 11 rings (SSSR count). The van der Waals surface area contributed by atoms with Gasteiger partial charge < -0.3 is 4.57 Å². The molecule has 0 radical (unpaired) electrons. The van der Waals surface area contributed by atoms with E-state index in [1.54, 1.807) is 0 Å². The van der Waals surface area contributed by atoms with Gasteiger partial charge in [-0.1, -0.05) is 195 Å². The fourth-order valence-electron chi connectivity index (χ4n) is 9.06. The van der Waals surface area contributed by atoms with Crippen molar-refractivity contribution in [2.75, 3.05) is 0 Å². The first-order valence-electron chi connectivity index (χ1n) is 21.7. The Bertz CT molecular complexity index is 3520. The van der Waals surface area contributed by atoms with Gasteiger partial charge in [0.05, 0.1) is 33.8 Å². The molecule has 0 spiro atoms. The molecule has 0 aliphatic heterocycles. The van der Waals surface area contributed by atoms with Gasteiger partial charge in [0.2, 0.25) is 0 Å². The van der Waals surface area contributed by atoms with Crippen LogP contribution in [0, 0.1) is 0 Å². The summed E-state index contributed by atoms with van der Waals surface area (Å²) in [5, 5.41) is 4.62. The summed E-state index contributed by atoms with van der Waals surface area (Å²) in [6, 6.07) is 72.4. The highest BCUT2D eigenvalue weighted by Gasteiger charge is 2.21. The minimum atomic E-state index is 0.698. The Labute approximate surface area is 372 Å². The molecule has 3 heterocycles. The summed E-state index contributed by atoms with van der Waals surface area (Å²) in [5.74, 6) is 0.698. The summed E-state index contributed by atoms with van der Waals surface area (Å²) in [5.41, 5.74) is 16.8. The molecule has 0 aliphatic carbocycles. The van der Waals surface area contributed by atoms with Gasteiger partial charge in [-0.15, -0.1) is 0 Å². The highest BCUT2D eigenvalue weighted by molar-refractivity contribution is 6.24. The first kappa shape index (κ1) is 38.5. The van der Waals surface area contributed by atoms with Crippen LogP contribution in [0.3, 0.4) is 0 Å². The standard InChI is InChI=1S/C60H42N4/c1-3-16-50-55(4-2)64(48-21-12-7-13-22-48)56-38-37-51-57(58(50)56)49-23-14-15-24-52(49)61-59(51)46-35-29-43(30-36-46)42-27-33-45(34-28-42)54-39-53(62-60(63-54)47-19-10-6-11-20-47)44-31-25-41(26-32-44)40-17-8-5-9-18-40/h3-39H,2H2,1H3/b16-3-. The van der Waals surface area contributed by atoms with Gasteiger partial charge in [0.1, 0.15) is 0 Å². The maximum Gasteiger partial charge on any atom is 0.160 e. The van der Waals surface area contributed by atoms with Gasteiger partial charge in [-0.05, 0) is 65.6 Å². The van der Waals surface area contributed by atoms with Crippen molar-refractivity contribution in [2.45, 2.75) is 6.92 Å². The quantitative estimate of drug-likeness (QED) is 0.136. The molecule has 0 saturated carbocycles. The average molecular weight is 819 g/mol. The maximum absolute atomic E-state index is 5.33. The summed E-state index contributed by atoms with van der Waals surface area (Å²) in [6.45, 7) is 6.36. The number of pyridine rings is 1. The molecule has 0 amide bonds. The van der Waals surface area contributed by atoms with Crippen molar-refractivity contribution in [3.05, 3.63) is 230 Å². The van der Waals surface area contributed by atoms with E-state index in [1.165, 1.54) is 21.9 Å². The summed E-state index contributed by atoms with van der Waals surface area (Å²) >= 11 is 0. The van der Waals surface area contributed by atoms with Crippen molar-refractivity contribution < 1.29 is 0 Å². The van der Waals surface area contributed by atoms with E-state index < -0.39 is 0 Å². The average Bonchev–Trinajstić information content (AvgIpc) is 3.70. The van der Waals surface area contributed by atoms with Gasteiger partial charge in [-0.2, -0.15) is 0 Å². The number of rotatable bonds is 9. The number of benzene rings is 8. The highest BCUT2D eigenvalue weighted by atomic mass is 15.0. The fourth-order valence-corrected chi connectivity index (χ4v) is 9.06. The lowest BCUT2D eigenvalue weighted by molar-refractivity contribution is 1.11. The largest absolute Gasteiger partial charge is 0.309 e. The van der Waals surface area contributed by atoms with Gasteiger partial charge in [-0.3, -0.25) is 0 Å². The van der Waals surface area contributed by atoms with Crippen LogP contribution < -0.4 is 0 Å². The Hall–Kier alpha value is -8.47. The van der Waals surface area contributed by atoms with Gasteiger partial charge >= 0.3 is 0 Å². The van der Waals surface area contributed by atoms with Crippen LogP contribution in [0.5, 0.6) is 0 Å². The van der Waals surface area contributed by atoms with Crippen LogP contribution in [0.4, 0.5) is 0 Å². The third kappa shape index (κ3) is 6.88. The van der Waals surface area contributed by atoms with Crippen molar-refractivity contribution in [1.29, 1.82) is 0 Å². The number of allylic oxidation sites excluding steroid dienone is 1. The summed E-state index contributed by atoms with van der Waals surface area (Å²) < 4.78 is 2.32. The molecule has 0 fully saturated rings. The van der Waals surface area contributed by atoms with Gasteiger partial charge in [0.15, 0.2) is 5.82 Å². The second-order valence-electron chi connectivity index (χ2n) is 16.0. The van der Waals surface area contributed by atoms with Crippen molar-refractivity contribution in [1.82, 2.24) is 19.5 Å². The monoisotopic (exact) mass is 818 g/mol. The Morgan fingerprint density at radius 2 is 0.938 bits per heavy atom. The predicted molar refractivity (Wildman–Crippen MR) is 269 cm³/mol. The van der Waals surface area contributed by atoms with Crippen LogP contribution in [0.25, 0.3) is 118 Å². The van der Waals surface area contributed by atoms with Crippen molar-refractivity contribution in [3.8, 4) is 73.1 Å². The van der Waals surface area contributed by atoms with E-state index in [0.717, 1.165) is 89.2 Å². The number of fused-ring (bicyclic) bond motifs is 5. The molecule has 0 aliphatic rings. The topological polar surface area (TPSA) is 43.6 Å². The first-order chi connectivity index (χ1) is 31.6. The first-order valence-corrected chi connectivity index (χ1v) is 21.7. The number of aromatic nitrogens is 4. The minimum absolute atomic E-state index is 0.698. The van der Waals surface area contributed by atoms with Crippen molar-refractivity contribution in [2.24, 2.45) is 0 Å². The Morgan fingerprint density at radius 1 is 0.438 bits per heavy atom. The molecule has 64 heavy (non-hydrogen) atoms. The summed E-state index contributed by atoms with van der Waals surface area (Å²) in [6.07, 6.45) is 6.30. The smallest absolute Gasteiger partial charge is 0.160 e. The lowest BCUT2D eigenvalue weighted by Crippen LogP contribution is -1.96. The molecule has 302 valence electrons. The number of para-hydroxylation sites is 2. The molecule has 0 bridgehead atoms. The van der Waals surface area contributed by atoms with E-state index in [2.05, 4.69) is 212 Å². The van der Waals surface area contributed by atoms with Crippen LogP contribution >= 0.6 is 0 Å². The highest BCUT2D eigenvalue weighted by Crippen LogP contribution is 2.42. The predicted octanol–water partition coefficient (Wildman–Crippen LogP) is 15.8. The van der Waals surface area contributed by atoms with Crippen LogP contribution in [-0.4, -0.2) is 19.5 Å². The molecule has 8 aromatic carbocycles. The number of hydrogen-bond donors (Lipinski definition) is 0. The normalized spacial score (nSPS) is 11.5. The van der Waals surface area contributed by atoms with E-state index in [9.17, 15) is 0 Å². The Morgan fingerprint density at radius 3 is 1.52 bits per heavy atom.